The molecule has 0 aliphatic rings. The van der Waals surface area contributed by atoms with E-state index in [0.29, 0.717) is 30.8 Å². The highest BCUT2D eigenvalue weighted by atomic mass is 15.2. The first-order chi connectivity index (χ1) is 13.3. The molecule has 27 heavy (non-hydrogen) atoms. The van der Waals surface area contributed by atoms with E-state index in [1.54, 1.807) is 0 Å². The maximum Gasteiger partial charge on any atom is 0.227 e. The van der Waals surface area contributed by atoms with Crippen molar-refractivity contribution in [1.29, 1.82) is 0 Å². The standard InChI is InChI=1S/C22H23N5/c1-18-25-21(23-16-8-14-19-10-4-2-5-11-19)27-22(26-18)24-17-9-15-20-12-6-3-7-13-20/h2-15H,16-17H2,1H3,(H2,23,24,25,26,27). The number of hydrogen-bond donors (Lipinski definition) is 2. The molecule has 3 rings (SSSR count). The number of anilines is 2. The molecule has 0 atom stereocenters. The minimum atomic E-state index is 0.565. The zero-order valence-corrected chi connectivity index (χ0v) is 15.3. The van der Waals surface area contributed by atoms with Gasteiger partial charge in [0.05, 0.1) is 0 Å². The van der Waals surface area contributed by atoms with Gasteiger partial charge in [-0.3, -0.25) is 0 Å². The molecule has 5 heteroatoms. The summed E-state index contributed by atoms with van der Waals surface area (Å²) in [7, 11) is 0. The lowest BCUT2D eigenvalue weighted by Crippen LogP contribution is -2.10. The largest absolute Gasteiger partial charge is 0.351 e. The Hall–Kier alpha value is -3.47. The molecule has 0 saturated carbocycles. The Morgan fingerprint density at radius 2 is 1.11 bits per heavy atom. The zero-order chi connectivity index (χ0) is 18.7. The van der Waals surface area contributed by atoms with Crippen molar-refractivity contribution in [3.63, 3.8) is 0 Å². The smallest absolute Gasteiger partial charge is 0.227 e. The second-order valence-electron chi connectivity index (χ2n) is 5.92. The van der Waals surface area contributed by atoms with Crippen LogP contribution in [0.5, 0.6) is 0 Å². The highest BCUT2D eigenvalue weighted by molar-refractivity contribution is 5.50. The van der Waals surface area contributed by atoms with Crippen LogP contribution in [0.15, 0.2) is 72.8 Å². The Morgan fingerprint density at radius 3 is 1.56 bits per heavy atom. The van der Waals surface area contributed by atoms with Crippen molar-refractivity contribution in [2.45, 2.75) is 6.92 Å². The van der Waals surface area contributed by atoms with Crippen LogP contribution in [-0.4, -0.2) is 28.0 Å². The fourth-order valence-corrected chi connectivity index (χ4v) is 2.46. The van der Waals surface area contributed by atoms with Gasteiger partial charge >= 0.3 is 0 Å². The van der Waals surface area contributed by atoms with E-state index in [2.05, 4.69) is 62.0 Å². The fourth-order valence-electron chi connectivity index (χ4n) is 2.46. The summed E-state index contributed by atoms with van der Waals surface area (Å²) in [5.74, 6) is 1.80. The topological polar surface area (TPSA) is 62.7 Å². The number of benzene rings is 2. The van der Waals surface area contributed by atoms with Crippen LogP contribution in [0.4, 0.5) is 11.9 Å². The Kier molecular flexibility index (Phi) is 6.70. The average Bonchev–Trinajstić information content (AvgIpc) is 2.70. The Morgan fingerprint density at radius 1 is 0.667 bits per heavy atom. The maximum atomic E-state index is 4.41. The van der Waals surface area contributed by atoms with Crippen LogP contribution in [0.1, 0.15) is 17.0 Å². The van der Waals surface area contributed by atoms with Gasteiger partial charge < -0.3 is 10.6 Å². The minimum Gasteiger partial charge on any atom is -0.351 e. The predicted octanol–water partition coefficient (Wildman–Crippen LogP) is 4.43. The van der Waals surface area contributed by atoms with E-state index < -0.39 is 0 Å². The average molecular weight is 357 g/mol. The molecule has 1 aromatic heterocycles. The molecule has 0 aliphatic heterocycles. The highest BCUT2D eigenvalue weighted by Crippen LogP contribution is 2.06. The molecule has 0 radical (unpaired) electrons. The summed E-state index contributed by atoms with van der Waals surface area (Å²) in [6.07, 6.45) is 8.22. The first-order valence-electron chi connectivity index (χ1n) is 8.93. The quantitative estimate of drug-likeness (QED) is 0.624. The lowest BCUT2D eigenvalue weighted by atomic mass is 10.2. The van der Waals surface area contributed by atoms with Crippen LogP contribution >= 0.6 is 0 Å². The Balaban J connectivity index is 1.51. The van der Waals surface area contributed by atoms with E-state index in [0.717, 1.165) is 0 Å². The Bertz CT molecular complexity index is 817. The number of aryl methyl sites for hydroxylation is 1. The molecule has 0 saturated heterocycles. The van der Waals surface area contributed by atoms with E-state index in [9.17, 15) is 0 Å². The van der Waals surface area contributed by atoms with Crippen LogP contribution in [-0.2, 0) is 0 Å². The second kappa shape index (κ2) is 9.87. The van der Waals surface area contributed by atoms with E-state index in [-0.39, 0.29) is 0 Å². The van der Waals surface area contributed by atoms with Crippen molar-refractivity contribution >= 4 is 24.0 Å². The lowest BCUT2D eigenvalue weighted by molar-refractivity contribution is 0.965. The van der Waals surface area contributed by atoms with Crippen molar-refractivity contribution in [1.82, 2.24) is 15.0 Å². The normalized spacial score (nSPS) is 11.1. The predicted molar refractivity (Wildman–Crippen MR) is 112 cm³/mol. The van der Waals surface area contributed by atoms with Crippen molar-refractivity contribution in [2.75, 3.05) is 23.7 Å². The number of aromatic nitrogens is 3. The summed E-state index contributed by atoms with van der Waals surface area (Å²) < 4.78 is 0. The first-order valence-corrected chi connectivity index (χ1v) is 8.93. The third kappa shape index (κ3) is 6.40. The Labute approximate surface area is 159 Å². The molecule has 0 spiro atoms. The number of nitrogens with one attached hydrogen (secondary N) is 2. The maximum absolute atomic E-state index is 4.41. The fraction of sp³-hybridized carbons (Fsp3) is 0.136. The van der Waals surface area contributed by atoms with E-state index in [4.69, 9.17) is 0 Å². The molecule has 0 aliphatic carbocycles. The monoisotopic (exact) mass is 357 g/mol. The molecule has 5 nitrogen and oxygen atoms in total. The van der Waals surface area contributed by atoms with Gasteiger partial charge in [-0.15, -0.1) is 0 Å². The third-order valence-corrected chi connectivity index (χ3v) is 3.72. The van der Waals surface area contributed by atoms with Crippen LogP contribution in [0.25, 0.3) is 12.2 Å². The van der Waals surface area contributed by atoms with Gasteiger partial charge in [-0.25, -0.2) is 0 Å². The van der Waals surface area contributed by atoms with Gasteiger partial charge in [0.2, 0.25) is 11.9 Å². The first kappa shape index (κ1) is 18.3. The molecule has 0 amide bonds. The summed E-state index contributed by atoms with van der Waals surface area (Å²) in [4.78, 5) is 13.1. The van der Waals surface area contributed by atoms with Crippen LogP contribution in [0.3, 0.4) is 0 Å². The van der Waals surface area contributed by atoms with Gasteiger partial charge in [0.25, 0.3) is 0 Å². The van der Waals surface area contributed by atoms with Crippen LogP contribution < -0.4 is 10.6 Å². The number of rotatable bonds is 8. The van der Waals surface area contributed by atoms with Crippen molar-refractivity contribution < 1.29 is 0 Å². The van der Waals surface area contributed by atoms with Crippen molar-refractivity contribution in [3.05, 3.63) is 89.8 Å². The summed E-state index contributed by atoms with van der Waals surface area (Å²) in [5.41, 5.74) is 2.33. The second-order valence-corrected chi connectivity index (χ2v) is 5.92. The summed E-state index contributed by atoms with van der Waals surface area (Å²) in [5, 5.41) is 6.41. The van der Waals surface area contributed by atoms with E-state index in [1.165, 1.54) is 11.1 Å². The molecule has 136 valence electrons. The molecule has 3 aromatic rings. The van der Waals surface area contributed by atoms with Gasteiger partial charge in [0.15, 0.2) is 0 Å². The summed E-state index contributed by atoms with van der Waals surface area (Å²) in [6, 6.07) is 20.4. The van der Waals surface area contributed by atoms with Crippen LogP contribution in [0, 0.1) is 6.92 Å². The highest BCUT2D eigenvalue weighted by Gasteiger charge is 2.01. The molecule has 0 unspecified atom stereocenters. The lowest BCUT2D eigenvalue weighted by Gasteiger charge is -2.06. The van der Waals surface area contributed by atoms with E-state index >= 15 is 0 Å². The van der Waals surface area contributed by atoms with Gasteiger partial charge in [0, 0.05) is 13.1 Å². The minimum absolute atomic E-state index is 0.565. The SMILES string of the molecule is Cc1nc(NCC=Cc2ccccc2)nc(NCC=Cc2ccccc2)n1. The molecule has 0 fully saturated rings. The molecule has 1 heterocycles. The van der Waals surface area contributed by atoms with Crippen LogP contribution in [0.2, 0.25) is 0 Å². The number of nitrogens with zero attached hydrogens (tertiary/aromatic N) is 3. The van der Waals surface area contributed by atoms with Crippen molar-refractivity contribution in [3.8, 4) is 0 Å². The van der Waals surface area contributed by atoms with Gasteiger partial charge in [-0.1, -0.05) is 85.0 Å². The molecule has 2 N–H and O–H groups in total. The van der Waals surface area contributed by atoms with E-state index in [1.807, 2.05) is 55.5 Å². The van der Waals surface area contributed by atoms with Gasteiger partial charge in [-0.2, -0.15) is 15.0 Å². The molecule has 2 aromatic carbocycles. The zero-order valence-electron chi connectivity index (χ0n) is 15.3. The van der Waals surface area contributed by atoms with Crippen molar-refractivity contribution in [2.24, 2.45) is 0 Å². The molecular formula is C22H23N5. The summed E-state index contributed by atoms with van der Waals surface area (Å²) in [6.45, 7) is 3.15. The van der Waals surface area contributed by atoms with Gasteiger partial charge in [0.1, 0.15) is 5.82 Å². The summed E-state index contributed by atoms with van der Waals surface area (Å²) >= 11 is 0. The number of hydrogen-bond acceptors (Lipinski definition) is 5. The molecular weight excluding hydrogens is 334 g/mol. The van der Waals surface area contributed by atoms with Gasteiger partial charge in [-0.05, 0) is 18.1 Å². The third-order valence-electron chi connectivity index (χ3n) is 3.72. The molecule has 0 bridgehead atoms.